The van der Waals surface area contributed by atoms with Crippen molar-refractivity contribution in [1.29, 1.82) is 0 Å². The van der Waals surface area contributed by atoms with Crippen molar-refractivity contribution in [3.63, 3.8) is 0 Å². The maximum atomic E-state index is 12.4. The molecule has 0 fully saturated rings. The Bertz CT molecular complexity index is 565. The summed E-state index contributed by atoms with van der Waals surface area (Å²) in [6.45, 7) is 3.76. The van der Waals surface area contributed by atoms with E-state index in [1.807, 2.05) is 31.2 Å². The molecule has 1 aromatic carbocycles. The van der Waals surface area contributed by atoms with Crippen LogP contribution in [0.3, 0.4) is 0 Å². The quantitative estimate of drug-likeness (QED) is 0.888. The van der Waals surface area contributed by atoms with Crippen LogP contribution < -0.4 is 5.32 Å². The van der Waals surface area contributed by atoms with Crippen LogP contribution in [0.5, 0.6) is 0 Å². The molecule has 6 heteroatoms. The first-order chi connectivity index (χ1) is 9.99. The van der Waals surface area contributed by atoms with Gasteiger partial charge >= 0.3 is 6.18 Å². The van der Waals surface area contributed by atoms with Crippen LogP contribution >= 0.6 is 11.8 Å². The van der Waals surface area contributed by atoms with Gasteiger partial charge in [-0.25, -0.2) is 4.98 Å². The zero-order valence-electron chi connectivity index (χ0n) is 11.4. The molecule has 0 saturated heterocycles. The van der Waals surface area contributed by atoms with Gasteiger partial charge in [0, 0.05) is 17.6 Å². The highest BCUT2D eigenvalue weighted by Crippen LogP contribution is 2.31. The van der Waals surface area contributed by atoms with E-state index in [0.717, 1.165) is 30.2 Å². The van der Waals surface area contributed by atoms with E-state index in [4.69, 9.17) is 0 Å². The highest BCUT2D eigenvalue weighted by atomic mass is 32.2. The average Bonchev–Trinajstić information content (AvgIpc) is 2.46. The molecule has 0 atom stereocenters. The molecule has 0 unspecified atom stereocenters. The third-order valence-electron chi connectivity index (χ3n) is 2.79. The summed E-state index contributed by atoms with van der Waals surface area (Å²) in [6.07, 6.45) is -3.48. The Balaban J connectivity index is 2.01. The number of hydrogen-bond acceptors (Lipinski definition) is 3. The molecule has 112 valence electrons. The summed E-state index contributed by atoms with van der Waals surface area (Å²) < 4.78 is 37.3. The lowest BCUT2D eigenvalue weighted by atomic mass is 10.2. The molecule has 0 aliphatic carbocycles. The Morgan fingerprint density at radius 2 is 1.81 bits per heavy atom. The lowest BCUT2D eigenvalue weighted by Crippen LogP contribution is -2.11. The van der Waals surface area contributed by atoms with Crippen LogP contribution in [0, 0.1) is 0 Å². The summed E-state index contributed by atoms with van der Waals surface area (Å²) in [5.74, 6) is 0. The van der Waals surface area contributed by atoms with E-state index in [1.165, 1.54) is 23.4 Å². The normalized spacial score (nSPS) is 11.6. The number of rotatable bonds is 5. The van der Waals surface area contributed by atoms with Gasteiger partial charge in [-0.05, 0) is 36.4 Å². The van der Waals surface area contributed by atoms with Crippen LogP contribution in [-0.2, 0) is 12.7 Å². The van der Waals surface area contributed by atoms with Crippen LogP contribution in [-0.4, -0.2) is 11.5 Å². The number of benzene rings is 1. The van der Waals surface area contributed by atoms with Crippen LogP contribution in [0.2, 0.25) is 0 Å². The number of hydrogen-bond donors (Lipinski definition) is 1. The van der Waals surface area contributed by atoms with E-state index in [0.29, 0.717) is 5.03 Å². The largest absolute Gasteiger partial charge is 0.417 e. The summed E-state index contributed by atoms with van der Waals surface area (Å²) in [7, 11) is 0. The van der Waals surface area contributed by atoms with Crippen molar-refractivity contribution in [2.24, 2.45) is 0 Å². The molecule has 0 spiro atoms. The summed E-state index contributed by atoms with van der Waals surface area (Å²) in [6, 6.07) is 10.3. The second-order valence-electron chi connectivity index (χ2n) is 4.41. The monoisotopic (exact) mass is 312 g/mol. The first-order valence-corrected chi connectivity index (χ1v) is 7.31. The predicted molar refractivity (Wildman–Crippen MR) is 77.2 cm³/mol. The summed E-state index contributed by atoms with van der Waals surface area (Å²) in [4.78, 5) is 4.79. The molecular weight excluding hydrogens is 297 g/mol. The lowest BCUT2D eigenvalue weighted by Gasteiger charge is -2.07. The van der Waals surface area contributed by atoms with Crippen molar-refractivity contribution in [3.05, 3.63) is 53.7 Å². The number of nitrogens with one attached hydrogen (secondary N) is 1. The molecule has 0 aliphatic heterocycles. The Kier molecular flexibility index (Phi) is 5.25. The standard InChI is InChI=1S/C15H15F3N2S/c1-2-19-9-11-3-6-13(7-4-11)21-14-8-5-12(10-20-14)15(16,17)18/h3-8,10,19H,2,9H2,1H3. The molecule has 0 aliphatic rings. The number of halogens is 3. The van der Waals surface area contributed by atoms with Crippen molar-refractivity contribution in [2.45, 2.75) is 29.6 Å². The minimum atomic E-state index is -4.34. The molecule has 21 heavy (non-hydrogen) atoms. The number of pyridine rings is 1. The molecule has 2 rings (SSSR count). The van der Waals surface area contributed by atoms with Crippen LogP contribution in [0.15, 0.2) is 52.5 Å². The molecular formula is C15H15F3N2S. The Hall–Kier alpha value is -1.53. The van der Waals surface area contributed by atoms with Gasteiger partial charge in [0.25, 0.3) is 0 Å². The lowest BCUT2D eigenvalue weighted by molar-refractivity contribution is -0.137. The minimum Gasteiger partial charge on any atom is -0.313 e. The van der Waals surface area contributed by atoms with Crippen molar-refractivity contribution < 1.29 is 13.2 Å². The van der Waals surface area contributed by atoms with E-state index in [9.17, 15) is 13.2 Å². The van der Waals surface area contributed by atoms with Crippen LogP contribution in [0.4, 0.5) is 13.2 Å². The van der Waals surface area contributed by atoms with Crippen molar-refractivity contribution in [3.8, 4) is 0 Å². The zero-order chi connectivity index (χ0) is 15.3. The summed E-state index contributed by atoms with van der Waals surface area (Å²) >= 11 is 1.34. The Morgan fingerprint density at radius 3 is 2.33 bits per heavy atom. The van der Waals surface area contributed by atoms with E-state index in [1.54, 1.807) is 0 Å². The van der Waals surface area contributed by atoms with E-state index in [2.05, 4.69) is 10.3 Å². The van der Waals surface area contributed by atoms with E-state index >= 15 is 0 Å². The number of nitrogens with zero attached hydrogens (tertiary/aromatic N) is 1. The van der Waals surface area contributed by atoms with Crippen molar-refractivity contribution in [1.82, 2.24) is 10.3 Å². The highest BCUT2D eigenvalue weighted by Gasteiger charge is 2.30. The van der Waals surface area contributed by atoms with Crippen molar-refractivity contribution >= 4 is 11.8 Å². The predicted octanol–water partition coefficient (Wildman–Crippen LogP) is 4.36. The maximum Gasteiger partial charge on any atom is 0.417 e. The second kappa shape index (κ2) is 6.95. The zero-order valence-corrected chi connectivity index (χ0v) is 12.3. The maximum absolute atomic E-state index is 12.4. The Labute approximate surface area is 125 Å². The molecule has 2 aromatic rings. The summed E-state index contributed by atoms with van der Waals surface area (Å²) in [5.41, 5.74) is 0.439. The van der Waals surface area contributed by atoms with Gasteiger partial charge in [0.1, 0.15) is 5.03 Å². The van der Waals surface area contributed by atoms with E-state index < -0.39 is 11.7 Å². The van der Waals surface area contributed by atoms with Gasteiger partial charge in [0.15, 0.2) is 0 Å². The van der Waals surface area contributed by atoms with Gasteiger partial charge in [0.05, 0.1) is 5.56 Å². The average molecular weight is 312 g/mol. The Morgan fingerprint density at radius 1 is 1.10 bits per heavy atom. The van der Waals surface area contributed by atoms with Gasteiger partial charge in [-0.3, -0.25) is 0 Å². The molecule has 2 nitrogen and oxygen atoms in total. The number of alkyl halides is 3. The minimum absolute atomic E-state index is 0.544. The first-order valence-electron chi connectivity index (χ1n) is 6.50. The third-order valence-corrected chi connectivity index (χ3v) is 3.75. The van der Waals surface area contributed by atoms with Gasteiger partial charge in [-0.2, -0.15) is 13.2 Å². The highest BCUT2D eigenvalue weighted by molar-refractivity contribution is 7.99. The molecule has 1 heterocycles. The third kappa shape index (κ3) is 4.75. The van der Waals surface area contributed by atoms with Crippen LogP contribution in [0.1, 0.15) is 18.1 Å². The fourth-order valence-electron chi connectivity index (χ4n) is 1.67. The SMILES string of the molecule is CCNCc1ccc(Sc2ccc(C(F)(F)F)cn2)cc1. The first kappa shape index (κ1) is 15.9. The smallest absolute Gasteiger partial charge is 0.313 e. The van der Waals surface area contributed by atoms with Gasteiger partial charge in [-0.1, -0.05) is 30.8 Å². The molecule has 1 aromatic heterocycles. The van der Waals surface area contributed by atoms with Gasteiger partial charge < -0.3 is 5.32 Å². The summed E-state index contributed by atoms with van der Waals surface area (Å²) in [5, 5.41) is 3.77. The topological polar surface area (TPSA) is 24.9 Å². The van der Waals surface area contributed by atoms with Crippen LogP contribution in [0.25, 0.3) is 0 Å². The van der Waals surface area contributed by atoms with Crippen molar-refractivity contribution in [2.75, 3.05) is 6.54 Å². The molecule has 0 saturated carbocycles. The number of aromatic nitrogens is 1. The fraction of sp³-hybridized carbons (Fsp3) is 0.267. The fourth-order valence-corrected chi connectivity index (χ4v) is 2.43. The molecule has 0 amide bonds. The molecule has 0 bridgehead atoms. The van der Waals surface area contributed by atoms with Gasteiger partial charge in [-0.15, -0.1) is 0 Å². The molecule has 1 N–H and O–H groups in total. The molecule has 0 radical (unpaired) electrons. The van der Waals surface area contributed by atoms with Gasteiger partial charge in [0.2, 0.25) is 0 Å². The van der Waals surface area contributed by atoms with E-state index in [-0.39, 0.29) is 0 Å². The second-order valence-corrected chi connectivity index (χ2v) is 5.50.